The average molecular weight is 354 g/mol. The van der Waals surface area contributed by atoms with E-state index >= 15 is 0 Å². The SMILES string of the molecule is Cc1noc(C)c1C1CCCN1C(=O)c1cc(C(C)C)n2ncnc2n1. The summed E-state index contributed by atoms with van der Waals surface area (Å²) in [5, 5.41) is 8.26. The molecule has 1 unspecified atom stereocenters. The van der Waals surface area contributed by atoms with Gasteiger partial charge >= 0.3 is 0 Å². The first-order chi connectivity index (χ1) is 12.5. The molecule has 3 aromatic heterocycles. The van der Waals surface area contributed by atoms with Gasteiger partial charge in [0.15, 0.2) is 0 Å². The highest BCUT2D eigenvalue weighted by Gasteiger charge is 2.35. The first kappa shape index (κ1) is 16.7. The van der Waals surface area contributed by atoms with Gasteiger partial charge in [0.25, 0.3) is 11.7 Å². The highest BCUT2D eigenvalue weighted by atomic mass is 16.5. The second-order valence-corrected chi connectivity index (χ2v) is 7.09. The molecule has 3 aromatic rings. The van der Waals surface area contributed by atoms with Crippen LogP contribution in [0.5, 0.6) is 0 Å². The number of nitrogens with zero attached hydrogens (tertiary/aromatic N) is 6. The van der Waals surface area contributed by atoms with Crippen LogP contribution in [0.15, 0.2) is 16.9 Å². The van der Waals surface area contributed by atoms with E-state index in [1.54, 1.807) is 4.52 Å². The number of aromatic nitrogens is 5. The summed E-state index contributed by atoms with van der Waals surface area (Å²) in [7, 11) is 0. The van der Waals surface area contributed by atoms with Crippen molar-refractivity contribution in [3.05, 3.63) is 40.8 Å². The van der Waals surface area contributed by atoms with Crippen LogP contribution in [0.4, 0.5) is 0 Å². The number of hydrogen-bond acceptors (Lipinski definition) is 6. The molecular weight excluding hydrogens is 332 g/mol. The third kappa shape index (κ3) is 2.56. The van der Waals surface area contributed by atoms with Gasteiger partial charge in [-0.15, -0.1) is 0 Å². The van der Waals surface area contributed by atoms with Crippen LogP contribution in [0.25, 0.3) is 5.78 Å². The van der Waals surface area contributed by atoms with E-state index in [1.807, 2.05) is 24.8 Å². The van der Waals surface area contributed by atoms with Gasteiger partial charge in [0.1, 0.15) is 17.8 Å². The normalized spacial score (nSPS) is 17.6. The molecular formula is C18H22N6O2. The Bertz CT molecular complexity index is 954. The topological polar surface area (TPSA) is 89.4 Å². The molecule has 1 saturated heterocycles. The fourth-order valence-corrected chi connectivity index (χ4v) is 3.78. The summed E-state index contributed by atoms with van der Waals surface area (Å²) >= 11 is 0. The van der Waals surface area contributed by atoms with Gasteiger partial charge in [0, 0.05) is 12.1 Å². The Morgan fingerprint density at radius 3 is 2.85 bits per heavy atom. The minimum atomic E-state index is -0.0834. The van der Waals surface area contributed by atoms with Crippen molar-refractivity contribution < 1.29 is 9.32 Å². The molecule has 0 N–H and O–H groups in total. The van der Waals surface area contributed by atoms with E-state index in [0.717, 1.165) is 35.6 Å². The van der Waals surface area contributed by atoms with Crippen molar-refractivity contribution in [2.75, 3.05) is 6.54 Å². The van der Waals surface area contributed by atoms with Crippen molar-refractivity contribution in [3.63, 3.8) is 0 Å². The standard InChI is InChI=1S/C18H22N6O2/c1-10(2)15-8-13(21-18-19-9-20-24(15)18)17(25)23-7-5-6-14(23)16-11(3)22-26-12(16)4/h8-10,14H,5-7H2,1-4H3. The summed E-state index contributed by atoms with van der Waals surface area (Å²) in [6.07, 6.45) is 3.31. The largest absolute Gasteiger partial charge is 0.361 e. The molecule has 1 fully saturated rings. The van der Waals surface area contributed by atoms with E-state index in [1.165, 1.54) is 6.33 Å². The second kappa shape index (κ2) is 6.19. The number of fused-ring (bicyclic) bond motifs is 1. The summed E-state index contributed by atoms with van der Waals surface area (Å²) in [6, 6.07) is 1.81. The molecule has 4 rings (SSSR count). The molecule has 1 aliphatic rings. The molecule has 0 bridgehead atoms. The minimum Gasteiger partial charge on any atom is -0.361 e. The molecule has 8 nitrogen and oxygen atoms in total. The Hall–Kier alpha value is -2.77. The van der Waals surface area contributed by atoms with E-state index in [0.29, 0.717) is 18.0 Å². The van der Waals surface area contributed by atoms with E-state index in [2.05, 4.69) is 34.1 Å². The summed E-state index contributed by atoms with van der Waals surface area (Å²) in [5.74, 6) is 1.34. The number of rotatable bonds is 3. The van der Waals surface area contributed by atoms with E-state index in [-0.39, 0.29) is 17.9 Å². The molecule has 0 saturated carbocycles. The van der Waals surface area contributed by atoms with Gasteiger partial charge in [-0.2, -0.15) is 10.1 Å². The number of carbonyl (C=O) groups excluding carboxylic acids is 1. The Morgan fingerprint density at radius 2 is 2.15 bits per heavy atom. The summed E-state index contributed by atoms with van der Waals surface area (Å²) in [6.45, 7) is 8.64. The van der Waals surface area contributed by atoms with Crippen molar-refractivity contribution in [3.8, 4) is 0 Å². The fourth-order valence-electron chi connectivity index (χ4n) is 3.78. The molecule has 1 amide bonds. The van der Waals surface area contributed by atoms with Crippen LogP contribution < -0.4 is 0 Å². The first-order valence-corrected chi connectivity index (χ1v) is 8.91. The van der Waals surface area contributed by atoms with E-state index < -0.39 is 0 Å². The fraction of sp³-hybridized carbons (Fsp3) is 0.500. The lowest BCUT2D eigenvalue weighted by Gasteiger charge is -2.24. The zero-order valence-electron chi connectivity index (χ0n) is 15.4. The summed E-state index contributed by atoms with van der Waals surface area (Å²) < 4.78 is 7.01. The lowest BCUT2D eigenvalue weighted by molar-refractivity contribution is 0.0728. The maximum atomic E-state index is 13.3. The zero-order chi connectivity index (χ0) is 18.4. The van der Waals surface area contributed by atoms with Crippen molar-refractivity contribution in [1.82, 2.24) is 29.6 Å². The Labute approximate surface area is 151 Å². The van der Waals surface area contributed by atoms with Gasteiger partial charge in [0.05, 0.1) is 17.4 Å². The van der Waals surface area contributed by atoms with Gasteiger partial charge in [-0.05, 0) is 38.7 Å². The van der Waals surface area contributed by atoms with Crippen LogP contribution in [-0.4, -0.2) is 42.1 Å². The maximum absolute atomic E-state index is 13.3. The maximum Gasteiger partial charge on any atom is 0.273 e. The molecule has 1 aliphatic heterocycles. The van der Waals surface area contributed by atoms with E-state index in [9.17, 15) is 4.79 Å². The molecule has 0 spiro atoms. The average Bonchev–Trinajstić information content (AvgIpc) is 3.33. The smallest absolute Gasteiger partial charge is 0.273 e. The molecule has 0 aromatic carbocycles. The molecule has 4 heterocycles. The number of likely N-dealkylation sites (tertiary alicyclic amines) is 1. The molecule has 136 valence electrons. The van der Waals surface area contributed by atoms with Crippen molar-refractivity contribution in [2.45, 2.75) is 52.5 Å². The number of hydrogen-bond donors (Lipinski definition) is 0. The van der Waals surface area contributed by atoms with Crippen molar-refractivity contribution in [1.29, 1.82) is 0 Å². The number of amides is 1. The molecule has 1 atom stereocenters. The van der Waals surface area contributed by atoms with E-state index in [4.69, 9.17) is 4.52 Å². The first-order valence-electron chi connectivity index (χ1n) is 8.91. The Kier molecular flexibility index (Phi) is 3.97. The van der Waals surface area contributed by atoms with Crippen molar-refractivity contribution in [2.24, 2.45) is 0 Å². The quantitative estimate of drug-likeness (QED) is 0.718. The van der Waals surface area contributed by atoms with Crippen LogP contribution in [0.3, 0.4) is 0 Å². The van der Waals surface area contributed by atoms with Gasteiger partial charge in [-0.25, -0.2) is 9.50 Å². The molecule has 0 aliphatic carbocycles. The van der Waals surface area contributed by atoms with Crippen LogP contribution in [-0.2, 0) is 0 Å². The van der Waals surface area contributed by atoms with Crippen LogP contribution in [0.1, 0.15) is 71.8 Å². The molecule has 0 radical (unpaired) electrons. The Balaban J connectivity index is 1.74. The van der Waals surface area contributed by atoms with Gasteiger partial charge < -0.3 is 9.42 Å². The lowest BCUT2D eigenvalue weighted by atomic mass is 10.0. The van der Waals surface area contributed by atoms with Gasteiger partial charge in [-0.1, -0.05) is 19.0 Å². The monoisotopic (exact) mass is 354 g/mol. The van der Waals surface area contributed by atoms with Crippen LogP contribution in [0.2, 0.25) is 0 Å². The molecule has 26 heavy (non-hydrogen) atoms. The van der Waals surface area contributed by atoms with Gasteiger partial charge in [-0.3, -0.25) is 4.79 Å². The van der Waals surface area contributed by atoms with Crippen molar-refractivity contribution >= 4 is 11.7 Å². The van der Waals surface area contributed by atoms with Crippen LogP contribution in [0, 0.1) is 13.8 Å². The minimum absolute atomic E-state index is 0.0212. The predicted molar refractivity (Wildman–Crippen MR) is 93.9 cm³/mol. The highest BCUT2D eigenvalue weighted by Crippen LogP contribution is 2.36. The van der Waals surface area contributed by atoms with Gasteiger partial charge in [0.2, 0.25) is 0 Å². The third-order valence-electron chi connectivity index (χ3n) is 5.03. The number of carbonyl (C=O) groups is 1. The molecule has 8 heteroatoms. The predicted octanol–water partition coefficient (Wildman–Crippen LogP) is 2.83. The zero-order valence-corrected chi connectivity index (χ0v) is 15.4. The van der Waals surface area contributed by atoms with Crippen LogP contribution >= 0.6 is 0 Å². The summed E-state index contributed by atoms with van der Waals surface area (Å²) in [5.41, 5.74) is 3.19. The second-order valence-electron chi connectivity index (χ2n) is 7.09. The third-order valence-corrected chi connectivity index (χ3v) is 5.03. The number of aryl methyl sites for hydroxylation is 2. The summed E-state index contributed by atoms with van der Waals surface area (Å²) in [4.78, 5) is 23.8. The Morgan fingerprint density at radius 1 is 1.35 bits per heavy atom. The lowest BCUT2D eigenvalue weighted by Crippen LogP contribution is -2.32. The highest BCUT2D eigenvalue weighted by molar-refractivity contribution is 5.93.